The van der Waals surface area contributed by atoms with Gasteiger partial charge in [0.15, 0.2) is 0 Å². The van der Waals surface area contributed by atoms with Crippen LogP contribution < -0.4 is 0 Å². The van der Waals surface area contributed by atoms with E-state index in [1.54, 1.807) is 6.92 Å². The van der Waals surface area contributed by atoms with Crippen molar-refractivity contribution in [3.05, 3.63) is 38.9 Å². The van der Waals surface area contributed by atoms with Crippen molar-refractivity contribution in [2.75, 3.05) is 0 Å². The predicted octanol–water partition coefficient (Wildman–Crippen LogP) is 2.65. The van der Waals surface area contributed by atoms with Crippen molar-refractivity contribution < 1.29 is 9.72 Å². The third kappa shape index (κ3) is 2.62. The van der Waals surface area contributed by atoms with Gasteiger partial charge in [-0.25, -0.2) is 4.79 Å². The predicted molar refractivity (Wildman–Crippen MR) is 54.6 cm³/mol. The van der Waals surface area contributed by atoms with Gasteiger partial charge >= 0.3 is 0 Å². The molecule has 0 amide bonds. The standard InChI is InChI=1S/C9H7ClN2O3/c1-6(11-5-13)7-2-3-9(12(14)15)8(10)4-7/h2-4,6H,1H3. The second kappa shape index (κ2) is 4.68. The lowest BCUT2D eigenvalue weighted by Crippen LogP contribution is -1.93. The van der Waals surface area contributed by atoms with Crippen molar-refractivity contribution in [2.45, 2.75) is 13.0 Å². The number of carbonyl (C=O) groups excluding carboxylic acids is 1. The van der Waals surface area contributed by atoms with Crippen molar-refractivity contribution in [2.24, 2.45) is 4.99 Å². The van der Waals surface area contributed by atoms with Crippen LogP contribution in [0.15, 0.2) is 23.2 Å². The van der Waals surface area contributed by atoms with Crippen molar-refractivity contribution >= 4 is 23.4 Å². The number of hydrogen-bond donors (Lipinski definition) is 0. The maximum Gasteiger partial charge on any atom is 0.287 e. The highest BCUT2D eigenvalue weighted by Crippen LogP contribution is 2.28. The van der Waals surface area contributed by atoms with Crippen LogP contribution in [0.25, 0.3) is 0 Å². The molecule has 78 valence electrons. The number of aliphatic imine (C=N–C) groups is 1. The van der Waals surface area contributed by atoms with E-state index in [2.05, 4.69) is 4.99 Å². The van der Waals surface area contributed by atoms with E-state index in [9.17, 15) is 14.9 Å². The van der Waals surface area contributed by atoms with E-state index in [1.807, 2.05) is 0 Å². The molecule has 5 nitrogen and oxygen atoms in total. The van der Waals surface area contributed by atoms with Gasteiger partial charge in [-0.15, -0.1) is 0 Å². The molecular weight excluding hydrogens is 220 g/mol. The topological polar surface area (TPSA) is 72.6 Å². The molecule has 0 aliphatic heterocycles. The number of nitro benzene ring substituents is 1. The summed E-state index contributed by atoms with van der Waals surface area (Å²) in [6.07, 6.45) is 1.42. The molecule has 0 bridgehead atoms. The Morgan fingerprint density at radius 1 is 1.60 bits per heavy atom. The molecule has 0 saturated heterocycles. The Morgan fingerprint density at radius 3 is 2.73 bits per heavy atom. The summed E-state index contributed by atoms with van der Waals surface area (Å²) in [5.74, 6) is 0. The summed E-state index contributed by atoms with van der Waals surface area (Å²) in [4.78, 5) is 23.4. The first-order valence-electron chi connectivity index (χ1n) is 4.07. The highest BCUT2D eigenvalue weighted by atomic mass is 35.5. The Bertz CT molecular complexity index is 441. The minimum Gasteiger partial charge on any atom is -0.258 e. The third-order valence-corrected chi connectivity index (χ3v) is 2.20. The van der Waals surface area contributed by atoms with E-state index in [0.29, 0.717) is 5.56 Å². The van der Waals surface area contributed by atoms with Crippen molar-refractivity contribution in [1.29, 1.82) is 0 Å². The van der Waals surface area contributed by atoms with E-state index in [0.717, 1.165) is 0 Å². The molecule has 0 heterocycles. The minimum absolute atomic E-state index is 0.0328. The summed E-state index contributed by atoms with van der Waals surface area (Å²) in [6, 6.07) is 3.82. The molecule has 0 spiro atoms. The van der Waals surface area contributed by atoms with Crippen LogP contribution in [-0.2, 0) is 4.79 Å². The van der Waals surface area contributed by atoms with Gasteiger partial charge in [0.1, 0.15) is 5.02 Å². The number of isocyanates is 1. The van der Waals surface area contributed by atoms with Gasteiger partial charge < -0.3 is 0 Å². The Kier molecular flexibility index (Phi) is 3.55. The van der Waals surface area contributed by atoms with E-state index in [4.69, 9.17) is 11.6 Å². The second-order valence-corrected chi connectivity index (χ2v) is 3.27. The number of nitro groups is 1. The smallest absolute Gasteiger partial charge is 0.258 e. The molecule has 0 N–H and O–H groups in total. The van der Waals surface area contributed by atoms with Crippen LogP contribution in [-0.4, -0.2) is 11.0 Å². The van der Waals surface area contributed by atoms with Crippen molar-refractivity contribution in [3.8, 4) is 0 Å². The highest BCUT2D eigenvalue weighted by Gasteiger charge is 2.14. The van der Waals surface area contributed by atoms with Gasteiger partial charge in [0.25, 0.3) is 5.69 Å². The van der Waals surface area contributed by atoms with E-state index in [-0.39, 0.29) is 10.7 Å². The number of hydrogen-bond acceptors (Lipinski definition) is 4. The summed E-state index contributed by atoms with van der Waals surface area (Å²) in [5.41, 5.74) is 0.469. The number of halogens is 1. The van der Waals surface area contributed by atoms with Crippen molar-refractivity contribution in [1.82, 2.24) is 0 Å². The normalized spacial score (nSPS) is 11.6. The molecule has 0 saturated carbocycles. The summed E-state index contributed by atoms with van der Waals surface area (Å²) >= 11 is 5.69. The van der Waals surface area contributed by atoms with Crippen LogP contribution in [0, 0.1) is 10.1 Å². The van der Waals surface area contributed by atoms with Gasteiger partial charge in [0.05, 0.1) is 11.0 Å². The lowest BCUT2D eigenvalue weighted by molar-refractivity contribution is -0.384. The van der Waals surface area contributed by atoms with Gasteiger partial charge in [-0.2, -0.15) is 4.99 Å². The number of benzene rings is 1. The molecule has 1 aromatic carbocycles. The molecule has 0 aliphatic rings. The molecule has 15 heavy (non-hydrogen) atoms. The fourth-order valence-corrected chi connectivity index (χ4v) is 1.34. The Hall–Kier alpha value is -1.71. The first-order chi connectivity index (χ1) is 7.06. The molecule has 1 unspecified atom stereocenters. The average molecular weight is 227 g/mol. The number of nitrogens with zero attached hydrogens (tertiary/aromatic N) is 2. The maximum atomic E-state index is 10.5. The van der Waals surface area contributed by atoms with E-state index in [1.165, 1.54) is 24.3 Å². The fraction of sp³-hybridized carbons (Fsp3) is 0.222. The second-order valence-electron chi connectivity index (χ2n) is 2.86. The summed E-state index contributed by atoms with van der Waals surface area (Å²) in [6.45, 7) is 1.67. The quantitative estimate of drug-likeness (QED) is 0.344. The molecule has 0 fully saturated rings. The maximum absolute atomic E-state index is 10.5. The third-order valence-electron chi connectivity index (χ3n) is 1.90. The molecular formula is C9H7ClN2O3. The van der Waals surface area contributed by atoms with Gasteiger partial charge in [0, 0.05) is 6.07 Å². The summed E-state index contributed by atoms with van der Waals surface area (Å²) < 4.78 is 0. The monoisotopic (exact) mass is 226 g/mol. The van der Waals surface area contributed by atoms with Gasteiger partial charge in [0.2, 0.25) is 6.08 Å². The van der Waals surface area contributed by atoms with Crippen LogP contribution in [0.1, 0.15) is 18.5 Å². The average Bonchev–Trinajstić information content (AvgIpc) is 2.17. The Labute approximate surface area is 90.5 Å². The SMILES string of the molecule is CC(N=C=O)c1ccc([N+](=O)[O-])c(Cl)c1. The zero-order valence-electron chi connectivity index (χ0n) is 7.81. The molecule has 1 rings (SSSR count). The van der Waals surface area contributed by atoms with Crippen LogP contribution in [0.4, 0.5) is 5.69 Å². The van der Waals surface area contributed by atoms with Crippen LogP contribution in [0.5, 0.6) is 0 Å². The molecule has 6 heteroatoms. The van der Waals surface area contributed by atoms with Gasteiger partial charge in [-0.1, -0.05) is 11.6 Å². The molecule has 0 aliphatic carbocycles. The number of rotatable bonds is 3. The summed E-state index contributed by atoms with van der Waals surface area (Å²) in [7, 11) is 0. The highest BCUT2D eigenvalue weighted by molar-refractivity contribution is 6.32. The minimum atomic E-state index is -0.570. The first kappa shape index (κ1) is 11.4. The van der Waals surface area contributed by atoms with Crippen LogP contribution >= 0.6 is 11.6 Å². The molecule has 0 radical (unpaired) electrons. The van der Waals surface area contributed by atoms with Crippen LogP contribution in [0.3, 0.4) is 0 Å². The van der Waals surface area contributed by atoms with Gasteiger partial charge in [-0.05, 0) is 24.6 Å². The molecule has 1 aromatic rings. The molecule has 0 aromatic heterocycles. The lowest BCUT2D eigenvalue weighted by atomic mass is 10.1. The van der Waals surface area contributed by atoms with Crippen molar-refractivity contribution in [3.63, 3.8) is 0 Å². The largest absolute Gasteiger partial charge is 0.287 e. The summed E-state index contributed by atoms with van der Waals surface area (Å²) in [5, 5.41) is 10.5. The fourth-order valence-electron chi connectivity index (χ4n) is 1.08. The van der Waals surface area contributed by atoms with Crippen LogP contribution in [0.2, 0.25) is 5.02 Å². The lowest BCUT2D eigenvalue weighted by Gasteiger charge is -2.04. The van der Waals surface area contributed by atoms with E-state index >= 15 is 0 Å². The zero-order chi connectivity index (χ0) is 11.4. The Morgan fingerprint density at radius 2 is 2.27 bits per heavy atom. The van der Waals surface area contributed by atoms with E-state index < -0.39 is 11.0 Å². The first-order valence-corrected chi connectivity index (χ1v) is 4.45. The van der Waals surface area contributed by atoms with Gasteiger partial charge in [-0.3, -0.25) is 10.1 Å². The Balaban J connectivity index is 3.11. The zero-order valence-corrected chi connectivity index (χ0v) is 8.56. The molecule has 1 atom stereocenters.